The van der Waals surface area contributed by atoms with Gasteiger partial charge in [0.25, 0.3) is 0 Å². The summed E-state index contributed by atoms with van der Waals surface area (Å²) in [7, 11) is 1.47. The van der Waals surface area contributed by atoms with E-state index in [9.17, 15) is 4.79 Å². The van der Waals surface area contributed by atoms with Crippen molar-refractivity contribution in [2.24, 2.45) is 0 Å². The highest BCUT2D eigenvalue weighted by molar-refractivity contribution is 7.29. The molecule has 0 N–H and O–H groups in total. The molecule has 2 heterocycles. The van der Waals surface area contributed by atoms with Gasteiger partial charge in [-0.2, -0.15) is 5.26 Å². The second kappa shape index (κ2) is 7.72. The summed E-state index contributed by atoms with van der Waals surface area (Å²) in [6.07, 6.45) is 0. The first-order valence-corrected chi connectivity index (χ1v) is 9.68. The maximum atomic E-state index is 12.5. The van der Waals surface area contributed by atoms with Crippen molar-refractivity contribution in [1.29, 1.82) is 5.26 Å². The molecule has 1 aromatic carbocycles. The van der Waals surface area contributed by atoms with Gasteiger partial charge in [0.1, 0.15) is 9.71 Å². The minimum Gasteiger partial charge on any atom is -0.493 e. The zero-order valence-electron chi connectivity index (χ0n) is 14.6. The van der Waals surface area contributed by atoms with Crippen LogP contribution in [0.25, 0.3) is 9.53 Å². The number of hydrogen-bond donors (Lipinski definition) is 0. The molecule has 0 saturated heterocycles. The van der Waals surface area contributed by atoms with Gasteiger partial charge in [0, 0.05) is 19.2 Å². The number of methoxy groups -OCH3 is 1. The van der Waals surface area contributed by atoms with Crippen molar-refractivity contribution in [3.05, 3.63) is 34.7 Å². The van der Waals surface area contributed by atoms with E-state index >= 15 is 0 Å². The lowest BCUT2D eigenvalue weighted by atomic mass is 10.2. The molecule has 0 spiro atoms. The predicted octanol–water partition coefficient (Wildman–Crippen LogP) is 4.30. The average Bonchev–Trinajstić information content (AvgIpc) is 3.22. The lowest BCUT2D eigenvalue weighted by molar-refractivity contribution is 0.0735. The highest BCUT2D eigenvalue weighted by Gasteiger charge is 2.19. The van der Waals surface area contributed by atoms with E-state index in [-0.39, 0.29) is 5.75 Å². The Balaban J connectivity index is 1.82. The van der Waals surface area contributed by atoms with Crippen molar-refractivity contribution in [2.75, 3.05) is 25.1 Å². The molecule has 0 unspecified atom stereocenters. The average molecular weight is 387 g/mol. The number of ether oxygens (including phenoxy) is 2. The predicted molar refractivity (Wildman–Crippen MR) is 104 cm³/mol. The molecule has 0 atom stereocenters. The Labute approximate surface area is 159 Å². The third-order valence-electron chi connectivity index (χ3n) is 3.81. The van der Waals surface area contributed by atoms with E-state index in [4.69, 9.17) is 14.7 Å². The van der Waals surface area contributed by atoms with E-state index < -0.39 is 5.97 Å². The van der Waals surface area contributed by atoms with Crippen molar-refractivity contribution in [1.82, 2.24) is 4.98 Å². The van der Waals surface area contributed by atoms with Gasteiger partial charge < -0.3 is 14.4 Å². The van der Waals surface area contributed by atoms with Gasteiger partial charge >= 0.3 is 5.97 Å². The Hall–Kier alpha value is -2.63. The Morgan fingerprint density at radius 1 is 1.23 bits per heavy atom. The topological polar surface area (TPSA) is 75.5 Å². The molecular formula is C18H17N3O3S2. The molecule has 0 aliphatic heterocycles. The number of nitrogens with zero attached hydrogens (tertiary/aromatic N) is 3. The second-order valence-electron chi connectivity index (χ2n) is 5.32. The number of thiophene rings is 1. The largest absolute Gasteiger partial charge is 0.493 e. The van der Waals surface area contributed by atoms with Crippen LogP contribution in [0, 0.1) is 11.3 Å². The number of carbonyl (C=O) groups is 1. The fourth-order valence-corrected chi connectivity index (χ4v) is 4.64. The minimum absolute atomic E-state index is 0.282. The molecular weight excluding hydrogens is 370 g/mol. The first kappa shape index (κ1) is 18.2. The number of anilines is 1. The van der Waals surface area contributed by atoms with E-state index in [2.05, 4.69) is 23.7 Å². The number of nitriles is 1. The zero-order chi connectivity index (χ0) is 18.7. The van der Waals surface area contributed by atoms with E-state index in [1.165, 1.54) is 24.5 Å². The third kappa shape index (κ3) is 3.49. The van der Waals surface area contributed by atoms with Gasteiger partial charge in [-0.3, -0.25) is 0 Å². The number of esters is 1. The van der Waals surface area contributed by atoms with Gasteiger partial charge in [0.15, 0.2) is 16.6 Å². The molecule has 6 nitrogen and oxygen atoms in total. The summed E-state index contributed by atoms with van der Waals surface area (Å²) in [6.45, 7) is 5.97. The number of hydrogen-bond acceptors (Lipinski definition) is 8. The number of thiazole rings is 1. The van der Waals surface area contributed by atoms with E-state index in [1.807, 2.05) is 12.1 Å². The van der Waals surface area contributed by atoms with Crippen LogP contribution in [0.5, 0.6) is 11.5 Å². The Morgan fingerprint density at radius 2 is 2.00 bits per heavy atom. The standard InChI is InChI=1S/C18H17N3O3S2/c1-4-21(5-2)18-20-16-14(26-18)9-15(25-16)17(22)24-12-7-6-11(10-19)8-13(12)23-3/h6-9H,4-5H2,1-3H3. The van der Waals surface area contributed by atoms with Crippen molar-refractivity contribution in [2.45, 2.75) is 13.8 Å². The minimum atomic E-state index is -0.465. The van der Waals surface area contributed by atoms with Gasteiger partial charge in [-0.15, -0.1) is 11.3 Å². The zero-order valence-corrected chi connectivity index (χ0v) is 16.2. The van der Waals surface area contributed by atoms with Crippen LogP contribution in [0.3, 0.4) is 0 Å². The van der Waals surface area contributed by atoms with E-state index in [0.29, 0.717) is 16.2 Å². The highest BCUT2D eigenvalue weighted by Crippen LogP contribution is 2.36. The number of benzene rings is 1. The molecule has 26 heavy (non-hydrogen) atoms. The summed E-state index contributed by atoms with van der Waals surface area (Å²) in [5.41, 5.74) is 0.436. The normalized spacial score (nSPS) is 10.5. The first-order chi connectivity index (χ1) is 12.6. The number of aromatic nitrogens is 1. The van der Waals surface area contributed by atoms with Gasteiger partial charge in [-0.25, -0.2) is 9.78 Å². The van der Waals surface area contributed by atoms with Gasteiger partial charge in [-0.1, -0.05) is 11.3 Å². The maximum Gasteiger partial charge on any atom is 0.353 e. The van der Waals surface area contributed by atoms with Gasteiger partial charge in [0.2, 0.25) is 0 Å². The molecule has 2 aromatic heterocycles. The van der Waals surface area contributed by atoms with Crippen LogP contribution in [0.4, 0.5) is 5.13 Å². The molecule has 3 rings (SSSR count). The van der Waals surface area contributed by atoms with Crippen LogP contribution in [-0.4, -0.2) is 31.2 Å². The monoisotopic (exact) mass is 387 g/mol. The third-order valence-corrected chi connectivity index (χ3v) is 6.01. The smallest absolute Gasteiger partial charge is 0.353 e. The molecule has 0 amide bonds. The Morgan fingerprint density at radius 3 is 2.62 bits per heavy atom. The molecule has 0 saturated carbocycles. The highest BCUT2D eigenvalue weighted by atomic mass is 32.1. The van der Waals surface area contributed by atoms with Crippen LogP contribution in [0.15, 0.2) is 24.3 Å². The fraction of sp³-hybridized carbons (Fsp3) is 0.278. The molecule has 0 fully saturated rings. The quantitative estimate of drug-likeness (QED) is 0.464. The molecule has 134 valence electrons. The van der Waals surface area contributed by atoms with Crippen LogP contribution in [0.2, 0.25) is 0 Å². The van der Waals surface area contributed by atoms with Gasteiger partial charge in [0.05, 0.1) is 23.4 Å². The summed E-state index contributed by atoms with van der Waals surface area (Å²) < 4.78 is 11.6. The van der Waals surface area contributed by atoms with Crippen LogP contribution >= 0.6 is 22.7 Å². The van der Waals surface area contributed by atoms with E-state index in [0.717, 1.165) is 27.8 Å². The molecule has 0 aliphatic carbocycles. The summed E-state index contributed by atoms with van der Waals surface area (Å²) in [5.74, 6) is 0.162. The first-order valence-electron chi connectivity index (χ1n) is 8.05. The van der Waals surface area contributed by atoms with Crippen molar-refractivity contribution < 1.29 is 14.3 Å². The van der Waals surface area contributed by atoms with Crippen LogP contribution < -0.4 is 14.4 Å². The summed E-state index contributed by atoms with van der Waals surface area (Å²) in [5, 5.41) is 9.90. The van der Waals surface area contributed by atoms with Crippen molar-refractivity contribution >= 4 is 43.3 Å². The fourth-order valence-electron chi connectivity index (χ4n) is 2.43. The molecule has 3 aromatic rings. The van der Waals surface area contributed by atoms with Gasteiger partial charge in [-0.05, 0) is 32.0 Å². The van der Waals surface area contributed by atoms with E-state index in [1.54, 1.807) is 23.5 Å². The van der Waals surface area contributed by atoms with Crippen molar-refractivity contribution in [3.8, 4) is 17.6 Å². The second-order valence-corrected chi connectivity index (χ2v) is 7.36. The Bertz CT molecular complexity index is 952. The molecule has 0 bridgehead atoms. The lowest BCUT2D eigenvalue weighted by Crippen LogP contribution is -2.21. The van der Waals surface area contributed by atoms with Crippen molar-refractivity contribution in [3.63, 3.8) is 0 Å². The molecule has 8 heteroatoms. The SMILES string of the molecule is CCN(CC)c1nc2sc(C(=O)Oc3ccc(C#N)cc3OC)cc2s1. The summed E-state index contributed by atoms with van der Waals surface area (Å²) in [6, 6.07) is 8.50. The van der Waals surface area contributed by atoms with Crippen LogP contribution in [0.1, 0.15) is 29.1 Å². The molecule has 0 radical (unpaired) electrons. The number of fused-ring (bicyclic) bond motifs is 1. The number of rotatable bonds is 6. The maximum absolute atomic E-state index is 12.5. The summed E-state index contributed by atoms with van der Waals surface area (Å²) in [4.78, 5) is 20.6. The lowest BCUT2D eigenvalue weighted by Gasteiger charge is -2.16. The van der Waals surface area contributed by atoms with Crippen LogP contribution in [-0.2, 0) is 0 Å². The number of carbonyl (C=O) groups excluding carboxylic acids is 1. The summed E-state index contributed by atoms with van der Waals surface area (Å²) >= 11 is 2.88. The Kier molecular flexibility index (Phi) is 5.40. The molecule has 0 aliphatic rings.